The number of amides is 1. The van der Waals surface area contributed by atoms with Crippen LogP contribution in [0.4, 0.5) is 17.1 Å². The Labute approximate surface area is 126 Å². The lowest BCUT2D eigenvalue weighted by Gasteiger charge is -2.13. The standard InChI is InChI=1S/C15H16BrN3O/c1-9-3-5-11(16)8-14(9)19-13-6-4-10(7-12(13)17)15(20)18-2/h3-8,19H,17H2,1-2H3,(H,18,20). The molecule has 0 spiro atoms. The van der Waals surface area contributed by atoms with Crippen molar-refractivity contribution in [2.75, 3.05) is 18.1 Å². The predicted molar refractivity (Wildman–Crippen MR) is 86.4 cm³/mol. The first-order valence-corrected chi connectivity index (χ1v) is 6.95. The van der Waals surface area contributed by atoms with Gasteiger partial charge in [0.05, 0.1) is 11.4 Å². The van der Waals surface area contributed by atoms with Gasteiger partial charge >= 0.3 is 0 Å². The first-order valence-electron chi connectivity index (χ1n) is 6.16. The van der Waals surface area contributed by atoms with Gasteiger partial charge in [-0.15, -0.1) is 0 Å². The van der Waals surface area contributed by atoms with Crippen LogP contribution >= 0.6 is 15.9 Å². The largest absolute Gasteiger partial charge is 0.397 e. The normalized spacial score (nSPS) is 10.2. The number of carbonyl (C=O) groups is 1. The van der Waals surface area contributed by atoms with Crippen molar-refractivity contribution in [2.45, 2.75) is 6.92 Å². The summed E-state index contributed by atoms with van der Waals surface area (Å²) < 4.78 is 0.992. The van der Waals surface area contributed by atoms with E-state index < -0.39 is 0 Å². The highest BCUT2D eigenvalue weighted by molar-refractivity contribution is 9.10. The molecule has 0 atom stereocenters. The van der Waals surface area contributed by atoms with Gasteiger partial charge in [0.1, 0.15) is 0 Å². The van der Waals surface area contributed by atoms with Gasteiger partial charge in [-0.25, -0.2) is 0 Å². The van der Waals surface area contributed by atoms with Gasteiger partial charge in [0, 0.05) is 22.8 Å². The zero-order chi connectivity index (χ0) is 14.7. The molecule has 0 aliphatic rings. The molecule has 1 amide bonds. The summed E-state index contributed by atoms with van der Waals surface area (Å²) in [5, 5.41) is 5.85. The number of nitrogens with one attached hydrogen (secondary N) is 2. The van der Waals surface area contributed by atoms with Crippen molar-refractivity contribution >= 4 is 38.9 Å². The molecule has 0 radical (unpaired) electrons. The number of rotatable bonds is 3. The molecule has 20 heavy (non-hydrogen) atoms. The minimum atomic E-state index is -0.151. The van der Waals surface area contributed by atoms with Gasteiger partial charge in [-0.3, -0.25) is 4.79 Å². The molecule has 2 aromatic carbocycles. The quantitative estimate of drug-likeness (QED) is 0.753. The van der Waals surface area contributed by atoms with Crippen molar-refractivity contribution in [3.8, 4) is 0 Å². The third kappa shape index (κ3) is 3.11. The van der Waals surface area contributed by atoms with Crippen LogP contribution in [0, 0.1) is 6.92 Å². The Morgan fingerprint density at radius 3 is 2.55 bits per heavy atom. The van der Waals surface area contributed by atoms with E-state index in [4.69, 9.17) is 5.73 Å². The second-order valence-electron chi connectivity index (χ2n) is 4.47. The number of aryl methyl sites for hydroxylation is 1. The lowest BCUT2D eigenvalue weighted by Crippen LogP contribution is -2.18. The Balaban J connectivity index is 2.30. The molecule has 4 N–H and O–H groups in total. The minimum Gasteiger partial charge on any atom is -0.397 e. The SMILES string of the molecule is CNC(=O)c1ccc(Nc2cc(Br)ccc2C)c(N)c1. The van der Waals surface area contributed by atoms with Gasteiger partial charge in [-0.05, 0) is 42.8 Å². The van der Waals surface area contributed by atoms with E-state index >= 15 is 0 Å². The van der Waals surface area contributed by atoms with E-state index in [1.807, 2.05) is 25.1 Å². The minimum absolute atomic E-state index is 0.151. The average molecular weight is 334 g/mol. The highest BCUT2D eigenvalue weighted by Gasteiger charge is 2.07. The molecule has 2 rings (SSSR count). The monoisotopic (exact) mass is 333 g/mol. The van der Waals surface area contributed by atoms with Crippen molar-refractivity contribution in [1.82, 2.24) is 5.32 Å². The number of hydrogen-bond acceptors (Lipinski definition) is 3. The summed E-state index contributed by atoms with van der Waals surface area (Å²) in [6.45, 7) is 2.02. The van der Waals surface area contributed by atoms with Gasteiger partial charge < -0.3 is 16.4 Å². The molecular weight excluding hydrogens is 318 g/mol. The number of nitrogen functional groups attached to an aromatic ring is 1. The van der Waals surface area contributed by atoms with Crippen molar-refractivity contribution in [2.24, 2.45) is 0 Å². The number of anilines is 3. The molecule has 0 saturated carbocycles. The van der Waals surface area contributed by atoms with Gasteiger partial charge in [-0.1, -0.05) is 22.0 Å². The van der Waals surface area contributed by atoms with Crippen molar-refractivity contribution < 1.29 is 4.79 Å². The van der Waals surface area contributed by atoms with Crippen molar-refractivity contribution in [3.05, 3.63) is 52.0 Å². The molecule has 0 fully saturated rings. The number of benzene rings is 2. The van der Waals surface area contributed by atoms with Crippen LogP contribution in [0.2, 0.25) is 0 Å². The number of hydrogen-bond donors (Lipinski definition) is 3. The first-order chi connectivity index (χ1) is 9.51. The molecule has 0 aliphatic heterocycles. The van der Waals surface area contributed by atoms with Gasteiger partial charge in [0.25, 0.3) is 5.91 Å². The molecule has 0 unspecified atom stereocenters. The first kappa shape index (κ1) is 14.4. The molecule has 104 valence electrons. The molecule has 0 aliphatic carbocycles. The number of nitrogens with two attached hydrogens (primary N) is 1. The molecular formula is C15H16BrN3O. The summed E-state index contributed by atoms with van der Waals surface area (Å²) in [5.74, 6) is -0.151. The zero-order valence-corrected chi connectivity index (χ0v) is 12.9. The fraction of sp³-hybridized carbons (Fsp3) is 0.133. The maximum atomic E-state index is 11.5. The third-order valence-electron chi connectivity index (χ3n) is 3.01. The van der Waals surface area contributed by atoms with Crippen LogP contribution in [0.3, 0.4) is 0 Å². The molecule has 0 heterocycles. The fourth-order valence-electron chi connectivity index (χ4n) is 1.84. The topological polar surface area (TPSA) is 67.2 Å². The fourth-order valence-corrected chi connectivity index (χ4v) is 2.20. The molecule has 2 aromatic rings. The van der Waals surface area contributed by atoms with Crippen LogP contribution in [0.25, 0.3) is 0 Å². The Morgan fingerprint density at radius 2 is 1.90 bits per heavy atom. The molecule has 4 nitrogen and oxygen atoms in total. The van der Waals surface area contributed by atoms with E-state index in [2.05, 4.69) is 26.6 Å². The molecule has 0 saturated heterocycles. The summed E-state index contributed by atoms with van der Waals surface area (Å²) in [6.07, 6.45) is 0. The van der Waals surface area contributed by atoms with E-state index in [0.717, 1.165) is 21.4 Å². The van der Waals surface area contributed by atoms with Crippen LogP contribution < -0.4 is 16.4 Å². The highest BCUT2D eigenvalue weighted by Crippen LogP contribution is 2.28. The summed E-state index contributed by atoms with van der Waals surface area (Å²) in [4.78, 5) is 11.5. The van der Waals surface area contributed by atoms with Gasteiger partial charge in [-0.2, -0.15) is 0 Å². The smallest absolute Gasteiger partial charge is 0.251 e. The predicted octanol–water partition coefficient (Wildman–Crippen LogP) is 3.44. The Kier molecular flexibility index (Phi) is 4.29. The van der Waals surface area contributed by atoms with Crippen LogP contribution in [0.5, 0.6) is 0 Å². The Morgan fingerprint density at radius 1 is 1.15 bits per heavy atom. The summed E-state index contributed by atoms with van der Waals surface area (Å²) in [5.41, 5.74) is 9.93. The van der Waals surface area contributed by atoms with Gasteiger partial charge in [0.15, 0.2) is 0 Å². The molecule has 5 heteroatoms. The van der Waals surface area contributed by atoms with Crippen LogP contribution in [-0.4, -0.2) is 13.0 Å². The number of halogens is 1. The van der Waals surface area contributed by atoms with E-state index in [1.54, 1.807) is 25.2 Å². The second kappa shape index (κ2) is 5.96. The van der Waals surface area contributed by atoms with Crippen molar-refractivity contribution in [1.29, 1.82) is 0 Å². The zero-order valence-electron chi connectivity index (χ0n) is 11.3. The lowest BCUT2D eigenvalue weighted by molar-refractivity contribution is 0.0963. The molecule has 0 aromatic heterocycles. The molecule has 0 bridgehead atoms. The second-order valence-corrected chi connectivity index (χ2v) is 5.38. The maximum Gasteiger partial charge on any atom is 0.251 e. The summed E-state index contributed by atoms with van der Waals surface area (Å²) in [6, 6.07) is 11.2. The van der Waals surface area contributed by atoms with Crippen LogP contribution in [0.15, 0.2) is 40.9 Å². The van der Waals surface area contributed by atoms with E-state index in [0.29, 0.717) is 11.3 Å². The number of carbonyl (C=O) groups excluding carboxylic acids is 1. The average Bonchev–Trinajstić information content (AvgIpc) is 2.44. The van der Waals surface area contributed by atoms with E-state index in [9.17, 15) is 4.79 Å². The summed E-state index contributed by atoms with van der Waals surface area (Å²) >= 11 is 3.44. The van der Waals surface area contributed by atoms with E-state index in [1.165, 1.54) is 0 Å². The highest BCUT2D eigenvalue weighted by atomic mass is 79.9. The van der Waals surface area contributed by atoms with Crippen LogP contribution in [-0.2, 0) is 0 Å². The van der Waals surface area contributed by atoms with Gasteiger partial charge in [0.2, 0.25) is 0 Å². The van der Waals surface area contributed by atoms with Crippen LogP contribution in [0.1, 0.15) is 15.9 Å². The summed E-state index contributed by atoms with van der Waals surface area (Å²) in [7, 11) is 1.59. The maximum absolute atomic E-state index is 11.5. The Hall–Kier alpha value is -2.01. The third-order valence-corrected chi connectivity index (χ3v) is 3.50. The van der Waals surface area contributed by atoms with E-state index in [-0.39, 0.29) is 5.91 Å². The van der Waals surface area contributed by atoms with Crippen molar-refractivity contribution in [3.63, 3.8) is 0 Å². The Bertz CT molecular complexity index is 656. The lowest BCUT2D eigenvalue weighted by atomic mass is 10.1.